The minimum Gasteiger partial charge on any atom is -0.458 e. The predicted octanol–water partition coefficient (Wildman–Crippen LogP) is 3.29. The Morgan fingerprint density at radius 2 is 1.90 bits per heavy atom. The molecule has 21 heavy (non-hydrogen) atoms. The summed E-state index contributed by atoms with van der Waals surface area (Å²) in [5.74, 6) is -0.260. The number of carbonyl (C=O) groups is 2. The van der Waals surface area contributed by atoms with Crippen molar-refractivity contribution in [1.82, 2.24) is 0 Å². The molecule has 1 aromatic rings. The highest BCUT2D eigenvalue weighted by Crippen LogP contribution is 2.28. The van der Waals surface area contributed by atoms with Crippen LogP contribution in [0.5, 0.6) is 0 Å². The van der Waals surface area contributed by atoms with Crippen LogP contribution >= 0.6 is 22.6 Å². The van der Waals surface area contributed by atoms with Gasteiger partial charge in [-0.15, -0.1) is 0 Å². The van der Waals surface area contributed by atoms with Crippen molar-refractivity contribution in [2.75, 3.05) is 4.90 Å². The van der Waals surface area contributed by atoms with Crippen molar-refractivity contribution in [3.63, 3.8) is 0 Å². The number of amides is 1. The first kappa shape index (κ1) is 16.0. The second kappa shape index (κ2) is 7.06. The molecule has 1 amide bonds. The Balaban J connectivity index is 2.20. The number of anilines is 1. The highest BCUT2D eigenvalue weighted by atomic mass is 127. The Morgan fingerprint density at radius 3 is 2.43 bits per heavy atom. The molecule has 0 spiro atoms. The molecule has 0 saturated carbocycles. The molecule has 2 rings (SSSR count). The van der Waals surface area contributed by atoms with E-state index >= 15 is 0 Å². The van der Waals surface area contributed by atoms with Gasteiger partial charge in [0.25, 0.3) is 0 Å². The smallest absolute Gasteiger partial charge is 0.303 e. The van der Waals surface area contributed by atoms with E-state index in [1.54, 1.807) is 6.92 Å². The van der Waals surface area contributed by atoms with Gasteiger partial charge in [-0.25, -0.2) is 0 Å². The first-order valence-electron chi connectivity index (χ1n) is 6.89. The zero-order valence-electron chi connectivity index (χ0n) is 12.1. The maximum absolute atomic E-state index is 12.1. The van der Waals surface area contributed by atoms with Crippen molar-refractivity contribution in [2.45, 2.75) is 38.8 Å². The third-order valence-corrected chi connectivity index (χ3v) is 4.31. The van der Waals surface area contributed by atoms with E-state index in [9.17, 15) is 9.59 Å². The van der Waals surface area contributed by atoms with E-state index in [4.69, 9.17) is 4.74 Å². The monoisotopic (exact) mass is 399 g/mol. The zero-order chi connectivity index (χ0) is 15.4. The molecule has 1 aliphatic rings. The van der Waals surface area contributed by atoms with E-state index in [1.807, 2.05) is 41.3 Å². The second-order valence-electron chi connectivity index (χ2n) is 5.02. The number of ether oxygens (including phenoxy) is 1. The molecular weight excluding hydrogens is 381 g/mol. The molecule has 0 heterocycles. The molecule has 1 aromatic carbocycles. The van der Waals surface area contributed by atoms with Crippen LogP contribution in [0.4, 0.5) is 5.69 Å². The fraction of sp³-hybridized carbons (Fsp3) is 0.375. The Bertz CT molecular complexity index is 570. The van der Waals surface area contributed by atoms with Crippen LogP contribution in [-0.2, 0) is 14.3 Å². The number of rotatable bonds is 3. The second-order valence-corrected chi connectivity index (χ2v) is 6.18. The summed E-state index contributed by atoms with van der Waals surface area (Å²) < 4.78 is 6.22. The number of para-hydroxylation sites is 1. The first-order valence-corrected chi connectivity index (χ1v) is 7.97. The summed E-state index contributed by atoms with van der Waals surface area (Å²) in [5, 5.41) is 0. The molecule has 0 saturated heterocycles. The van der Waals surface area contributed by atoms with Gasteiger partial charge in [0.1, 0.15) is 6.10 Å². The van der Waals surface area contributed by atoms with Gasteiger partial charge in [-0.3, -0.25) is 9.59 Å². The maximum atomic E-state index is 12.1. The lowest BCUT2D eigenvalue weighted by molar-refractivity contribution is -0.144. The first-order chi connectivity index (χ1) is 9.99. The van der Waals surface area contributed by atoms with Gasteiger partial charge in [-0.2, -0.15) is 0 Å². The Hall–Kier alpha value is -1.37. The summed E-state index contributed by atoms with van der Waals surface area (Å²) >= 11 is 2.24. The zero-order valence-corrected chi connectivity index (χ0v) is 14.2. The number of halogens is 1. The van der Waals surface area contributed by atoms with Crippen LogP contribution in [-0.4, -0.2) is 24.0 Å². The van der Waals surface area contributed by atoms with Gasteiger partial charge in [-0.1, -0.05) is 18.2 Å². The third kappa shape index (κ3) is 4.06. The van der Waals surface area contributed by atoms with Crippen molar-refractivity contribution in [1.29, 1.82) is 0 Å². The van der Waals surface area contributed by atoms with Gasteiger partial charge in [0.2, 0.25) is 5.91 Å². The van der Waals surface area contributed by atoms with Crippen LogP contribution in [0.15, 0.2) is 36.4 Å². The molecule has 0 aromatic heterocycles. The average molecular weight is 399 g/mol. The molecule has 0 N–H and O–H groups in total. The Kier molecular flexibility index (Phi) is 5.39. The lowest BCUT2D eigenvalue weighted by Gasteiger charge is -2.33. The van der Waals surface area contributed by atoms with Crippen LogP contribution in [0.2, 0.25) is 0 Å². The van der Waals surface area contributed by atoms with Gasteiger partial charge < -0.3 is 9.64 Å². The van der Waals surface area contributed by atoms with Crippen molar-refractivity contribution < 1.29 is 14.3 Å². The van der Waals surface area contributed by atoms with Crippen LogP contribution in [0.1, 0.15) is 26.7 Å². The minimum atomic E-state index is -0.274. The molecule has 1 aliphatic carbocycles. The van der Waals surface area contributed by atoms with Crippen molar-refractivity contribution in [2.24, 2.45) is 0 Å². The standard InChI is InChI=1S/C16H18INO3/c1-11(19)18(16-6-4-3-5-15(16)17)13-7-9-14(10-8-13)21-12(2)20/h3-7,9,13-14H,8,10H2,1-2H3/t13-,14+/m0/s1. The Morgan fingerprint density at radius 1 is 1.19 bits per heavy atom. The molecule has 0 unspecified atom stereocenters. The van der Waals surface area contributed by atoms with Gasteiger partial charge in [0.05, 0.1) is 11.7 Å². The molecule has 112 valence electrons. The summed E-state index contributed by atoms with van der Waals surface area (Å²) in [5.41, 5.74) is 0.922. The van der Waals surface area contributed by atoms with Crippen molar-refractivity contribution in [3.05, 3.63) is 40.0 Å². The Labute approximate surface area is 138 Å². The van der Waals surface area contributed by atoms with Gasteiger partial charge in [0.15, 0.2) is 0 Å². The van der Waals surface area contributed by atoms with Gasteiger partial charge in [-0.05, 0) is 53.6 Å². The molecule has 0 aliphatic heterocycles. The van der Waals surface area contributed by atoms with Crippen LogP contribution in [0.3, 0.4) is 0 Å². The maximum Gasteiger partial charge on any atom is 0.303 e. The largest absolute Gasteiger partial charge is 0.458 e. The number of carbonyl (C=O) groups excluding carboxylic acids is 2. The number of nitrogens with zero attached hydrogens (tertiary/aromatic N) is 1. The van der Waals surface area contributed by atoms with Crippen LogP contribution < -0.4 is 4.90 Å². The fourth-order valence-corrected chi connectivity index (χ4v) is 3.18. The van der Waals surface area contributed by atoms with E-state index in [0.717, 1.165) is 22.1 Å². The van der Waals surface area contributed by atoms with Crippen molar-refractivity contribution >= 4 is 40.2 Å². The summed E-state index contributed by atoms with van der Waals surface area (Å²) in [6.07, 6.45) is 5.16. The van der Waals surface area contributed by atoms with E-state index in [0.29, 0.717) is 0 Å². The normalized spacial score (nSPS) is 20.9. The van der Waals surface area contributed by atoms with E-state index < -0.39 is 0 Å². The average Bonchev–Trinajstić information content (AvgIpc) is 2.42. The topological polar surface area (TPSA) is 46.6 Å². The summed E-state index contributed by atoms with van der Waals surface area (Å²) in [7, 11) is 0. The van der Waals surface area contributed by atoms with Crippen LogP contribution in [0.25, 0.3) is 0 Å². The highest BCUT2D eigenvalue weighted by molar-refractivity contribution is 14.1. The van der Waals surface area contributed by atoms with Crippen LogP contribution in [0, 0.1) is 3.57 Å². The molecule has 4 nitrogen and oxygen atoms in total. The fourth-order valence-electron chi connectivity index (χ4n) is 2.54. The van der Waals surface area contributed by atoms with E-state index in [2.05, 4.69) is 22.6 Å². The highest BCUT2D eigenvalue weighted by Gasteiger charge is 2.26. The van der Waals surface area contributed by atoms with E-state index in [1.165, 1.54) is 6.92 Å². The lowest BCUT2D eigenvalue weighted by atomic mass is 9.98. The number of benzene rings is 1. The molecule has 0 radical (unpaired) electrons. The molecule has 5 heteroatoms. The minimum absolute atomic E-state index is 0.00484. The number of hydrogen-bond acceptors (Lipinski definition) is 3. The third-order valence-electron chi connectivity index (χ3n) is 3.40. The SMILES string of the molecule is CC(=O)O[C@@H]1C=C[C@H](N(C(C)=O)c2ccccc2I)CC1. The van der Waals surface area contributed by atoms with Gasteiger partial charge in [0, 0.05) is 17.4 Å². The van der Waals surface area contributed by atoms with Crippen molar-refractivity contribution in [3.8, 4) is 0 Å². The molecule has 2 atom stereocenters. The lowest BCUT2D eigenvalue weighted by Crippen LogP contribution is -2.40. The quantitative estimate of drug-likeness (QED) is 0.445. The summed E-state index contributed by atoms with van der Waals surface area (Å²) in [6.45, 7) is 2.99. The molecule has 0 fully saturated rings. The number of hydrogen-bond donors (Lipinski definition) is 0. The molecule has 0 bridgehead atoms. The summed E-state index contributed by atoms with van der Waals surface area (Å²) in [6, 6.07) is 7.83. The summed E-state index contributed by atoms with van der Waals surface area (Å²) in [4.78, 5) is 24.8. The predicted molar refractivity (Wildman–Crippen MR) is 90.0 cm³/mol. The van der Waals surface area contributed by atoms with Gasteiger partial charge >= 0.3 is 5.97 Å². The number of esters is 1. The molecular formula is C16H18INO3. The van der Waals surface area contributed by atoms with E-state index in [-0.39, 0.29) is 24.0 Å².